The van der Waals surface area contributed by atoms with Crippen molar-refractivity contribution in [2.75, 3.05) is 0 Å². The van der Waals surface area contributed by atoms with Crippen LogP contribution in [-0.2, 0) is 10.5 Å². The molecule has 0 spiro atoms. The van der Waals surface area contributed by atoms with Crippen molar-refractivity contribution in [3.05, 3.63) is 35.4 Å². The molecular weight excluding hydrogens is 382 g/mol. The number of carbonyl (C=O) groups excluding carboxylic acids is 1. The van der Waals surface area contributed by atoms with Gasteiger partial charge in [-0.2, -0.15) is 0 Å². The lowest BCUT2D eigenvalue weighted by molar-refractivity contribution is -0.121. The van der Waals surface area contributed by atoms with E-state index in [9.17, 15) is 4.79 Å². The maximum absolute atomic E-state index is 12.2. The van der Waals surface area contributed by atoms with Crippen LogP contribution in [0.4, 0.5) is 0 Å². The lowest BCUT2D eigenvalue weighted by Crippen LogP contribution is -2.44. The van der Waals surface area contributed by atoms with Gasteiger partial charge in [0.25, 0.3) is 0 Å². The predicted octanol–water partition coefficient (Wildman–Crippen LogP) is 5.35. The summed E-state index contributed by atoms with van der Waals surface area (Å²) in [6.45, 7) is 12.2. The first-order valence-corrected chi connectivity index (χ1v) is 11.4. The van der Waals surface area contributed by atoms with Gasteiger partial charge in [0.15, 0.2) is 8.68 Å². The van der Waals surface area contributed by atoms with Crippen LogP contribution in [0.15, 0.2) is 32.9 Å². The fourth-order valence-electron chi connectivity index (χ4n) is 2.12. The molecule has 0 aliphatic heterocycles. The van der Waals surface area contributed by atoms with Crippen LogP contribution in [0.25, 0.3) is 0 Å². The maximum atomic E-state index is 12.2. The van der Waals surface area contributed by atoms with Crippen LogP contribution in [0.1, 0.15) is 58.6 Å². The Hall–Kier alpha value is -1.05. The molecule has 0 aliphatic rings. The summed E-state index contributed by atoms with van der Waals surface area (Å²) >= 11 is 4.69. The Kier molecular flexibility index (Phi) is 7.55. The molecule has 26 heavy (non-hydrogen) atoms. The normalized spacial score (nSPS) is 13.0. The van der Waals surface area contributed by atoms with E-state index in [1.54, 1.807) is 23.1 Å². The molecule has 0 radical (unpaired) electrons. The van der Waals surface area contributed by atoms with Gasteiger partial charge in [0.05, 0.1) is 5.25 Å². The third kappa shape index (κ3) is 6.93. The van der Waals surface area contributed by atoms with Crippen LogP contribution in [0.2, 0.25) is 0 Å². The number of benzene rings is 1. The molecule has 0 fully saturated rings. The van der Waals surface area contributed by atoms with Crippen molar-refractivity contribution in [1.29, 1.82) is 0 Å². The Morgan fingerprint density at radius 1 is 1.12 bits per heavy atom. The highest BCUT2D eigenvalue weighted by Crippen LogP contribution is 2.33. The molecule has 1 aromatic heterocycles. The Bertz CT molecular complexity index is 720. The lowest BCUT2D eigenvalue weighted by Gasteiger charge is -2.22. The van der Waals surface area contributed by atoms with E-state index < -0.39 is 0 Å². The summed E-state index contributed by atoms with van der Waals surface area (Å²) in [5.41, 5.74) is 2.41. The summed E-state index contributed by atoms with van der Waals surface area (Å²) in [4.78, 5) is 12.2. The summed E-state index contributed by atoms with van der Waals surface area (Å²) in [6.07, 6.45) is 0. The first-order chi connectivity index (χ1) is 12.1. The number of amides is 1. The van der Waals surface area contributed by atoms with Gasteiger partial charge >= 0.3 is 0 Å². The number of hydrogen-bond donors (Lipinski definition) is 1. The molecule has 4 nitrogen and oxygen atoms in total. The molecule has 0 bridgehead atoms. The number of hydrogen-bond acceptors (Lipinski definition) is 6. The average molecular weight is 410 g/mol. The number of rotatable bonds is 7. The molecule has 0 saturated carbocycles. The SMILES string of the molecule is CC(Sc1nnc(SCc2ccc(C(C)C)cc2)s1)C(=O)NC(C)(C)C. The zero-order chi connectivity index (χ0) is 19.3. The van der Waals surface area contributed by atoms with Gasteiger partial charge < -0.3 is 5.32 Å². The standard InChI is InChI=1S/C19H27N3OS3/c1-12(2)15-9-7-14(8-10-15)11-24-17-21-22-18(26-17)25-13(3)16(23)20-19(4,5)6/h7-10,12-13H,11H2,1-6H3,(H,20,23). The zero-order valence-electron chi connectivity index (χ0n) is 16.2. The Morgan fingerprint density at radius 3 is 2.31 bits per heavy atom. The van der Waals surface area contributed by atoms with Crippen LogP contribution in [0, 0.1) is 0 Å². The third-order valence-corrected chi connectivity index (χ3v) is 6.85. The van der Waals surface area contributed by atoms with E-state index >= 15 is 0 Å². The van der Waals surface area contributed by atoms with E-state index in [1.807, 2.05) is 27.7 Å². The third-order valence-electron chi connectivity index (χ3n) is 3.54. The van der Waals surface area contributed by atoms with Gasteiger partial charge in [-0.25, -0.2) is 0 Å². The minimum absolute atomic E-state index is 0.0251. The molecule has 1 heterocycles. The Balaban J connectivity index is 1.86. The second-order valence-electron chi connectivity index (χ2n) is 7.52. The number of nitrogens with one attached hydrogen (secondary N) is 1. The first-order valence-electron chi connectivity index (χ1n) is 8.68. The van der Waals surface area contributed by atoms with Gasteiger partial charge in [0.2, 0.25) is 5.91 Å². The summed E-state index contributed by atoms with van der Waals surface area (Å²) in [6, 6.07) is 8.74. The van der Waals surface area contributed by atoms with Crippen molar-refractivity contribution < 1.29 is 4.79 Å². The second kappa shape index (κ2) is 9.24. The Labute approximate surface area is 169 Å². The molecule has 7 heteroatoms. The van der Waals surface area contributed by atoms with Crippen molar-refractivity contribution in [2.24, 2.45) is 0 Å². The molecule has 1 N–H and O–H groups in total. The van der Waals surface area contributed by atoms with Gasteiger partial charge in [-0.15, -0.1) is 10.2 Å². The fourth-order valence-corrected chi connectivity index (χ4v) is 5.24. The molecule has 1 aromatic carbocycles. The van der Waals surface area contributed by atoms with Crippen LogP contribution < -0.4 is 5.32 Å². The summed E-state index contributed by atoms with van der Waals surface area (Å²) < 4.78 is 1.77. The molecule has 1 amide bonds. The number of thioether (sulfide) groups is 2. The highest BCUT2D eigenvalue weighted by molar-refractivity contribution is 8.03. The topological polar surface area (TPSA) is 54.9 Å². The van der Waals surface area contributed by atoms with Crippen molar-refractivity contribution >= 4 is 40.8 Å². The molecule has 1 atom stereocenters. The summed E-state index contributed by atoms with van der Waals surface area (Å²) in [5.74, 6) is 1.45. The van der Waals surface area contributed by atoms with Crippen molar-refractivity contribution in [2.45, 2.75) is 72.7 Å². The van der Waals surface area contributed by atoms with E-state index in [2.05, 4.69) is 53.6 Å². The highest BCUT2D eigenvalue weighted by Gasteiger charge is 2.21. The second-order valence-corrected chi connectivity index (χ2v) is 11.3. The van der Waals surface area contributed by atoms with Gasteiger partial charge in [-0.3, -0.25) is 4.79 Å². The summed E-state index contributed by atoms with van der Waals surface area (Å²) in [5, 5.41) is 11.3. The Morgan fingerprint density at radius 2 is 1.73 bits per heavy atom. The van der Waals surface area contributed by atoms with E-state index in [0.717, 1.165) is 14.4 Å². The van der Waals surface area contributed by atoms with E-state index in [-0.39, 0.29) is 16.7 Å². The molecule has 2 aromatic rings. The molecule has 0 aliphatic carbocycles. The molecule has 142 valence electrons. The van der Waals surface area contributed by atoms with Crippen molar-refractivity contribution in [3.63, 3.8) is 0 Å². The average Bonchev–Trinajstić information content (AvgIpc) is 2.99. The minimum atomic E-state index is -0.223. The summed E-state index contributed by atoms with van der Waals surface area (Å²) in [7, 11) is 0. The lowest BCUT2D eigenvalue weighted by atomic mass is 10.0. The monoisotopic (exact) mass is 409 g/mol. The molecule has 1 unspecified atom stereocenters. The van der Waals surface area contributed by atoms with Crippen molar-refractivity contribution in [3.8, 4) is 0 Å². The first kappa shape index (κ1) is 21.3. The smallest absolute Gasteiger partial charge is 0.233 e. The number of aromatic nitrogens is 2. The zero-order valence-corrected chi connectivity index (χ0v) is 18.6. The fraction of sp³-hybridized carbons (Fsp3) is 0.526. The van der Waals surface area contributed by atoms with E-state index in [4.69, 9.17) is 0 Å². The van der Waals surface area contributed by atoms with Crippen LogP contribution in [0.3, 0.4) is 0 Å². The quantitative estimate of drug-likeness (QED) is 0.625. The maximum Gasteiger partial charge on any atom is 0.233 e. The minimum Gasteiger partial charge on any atom is -0.351 e. The van der Waals surface area contributed by atoms with Gasteiger partial charge in [-0.1, -0.05) is 73.0 Å². The van der Waals surface area contributed by atoms with Crippen LogP contribution in [0.5, 0.6) is 0 Å². The van der Waals surface area contributed by atoms with Gasteiger partial charge in [0.1, 0.15) is 0 Å². The predicted molar refractivity (Wildman–Crippen MR) is 113 cm³/mol. The van der Waals surface area contributed by atoms with Gasteiger partial charge in [-0.05, 0) is 44.7 Å². The van der Waals surface area contributed by atoms with Crippen LogP contribution in [-0.4, -0.2) is 26.9 Å². The number of nitrogens with zero attached hydrogens (tertiary/aromatic N) is 2. The van der Waals surface area contributed by atoms with E-state index in [0.29, 0.717) is 5.92 Å². The largest absolute Gasteiger partial charge is 0.351 e. The number of carbonyl (C=O) groups is 1. The van der Waals surface area contributed by atoms with E-state index in [1.165, 1.54) is 22.9 Å². The molecule has 0 saturated heterocycles. The van der Waals surface area contributed by atoms with Gasteiger partial charge in [0, 0.05) is 11.3 Å². The molecule has 2 rings (SSSR count). The van der Waals surface area contributed by atoms with Crippen molar-refractivity contribution in [1.82, 2.24) is 15.5 Å². The highest BCUT2D eigenvalue weighted by atomic mass is 32.2. The van der Waals surface area contributed by atoms with Crippen LogP contribution >= 0.6 is 34.9 Å². The molecular formula is C19H27N3OS3.